The second-order valence-electron chi connectivity index (χ2n) is 3.27. The van der Waals surface area contributed by atoms with Crippen LogP contribution in [0.3, 0.4) is 0 Å². The lowest BCUT2D eigenvalue weighted by atomic mass is 9.90. The number of hydrogen-bond donors (Lipinski definition) is 1. The highest BCUT2D eigenvalue weighted by atomic mass is 79.9. The maximum Gasteiger partial charge on any atom is 0.214 e. The molecule has 2 N–H and O–H groups in total. The maximum atomic E-state index is 5.64. The van der Waals surface area contributed by atoms with Crippen molar-refractivity contribution in [2.45, 2.75) is 25.0 Å². The molecule has 1 aliphatic rings. The minimum Gasteiger partial charge on any atom is -0.474 e. The van der Waals surface area contributed by atoms with Gasteiger partial charge in [-0.25, -0.2) is 4.98 Å². The fourth-order valence-electron chi connectivity index (χ4n) is 1.33. The van der Waals surface area contributed by atoms with Crippen molar-refractivity contribution in [1.29, 1.82) is 0 Å². The van der Waals surface area contributed by atoms with Gasteiger partial charge in [-0.2, -0.15) is 0 Å². The summed E-state index contributed by atoms with van der Waals surface area (Å²) >= 11 is 3.29. The van der Waals surface area contributed by atoms with Gasteiger partial charge in [-0.1, -0.05) is 6.07 Å². The van der Waals surface area contributed by atoms with E-state index in [2.05, 4.69) is 20.9 Å². The van der Waals surface area contributed by atoms with Crippen LogP contribution in [-0.2, 0) is 0 Å². The first-order valence-electron chi connectivity index (χ1n) is 4.29. The SMILES string of the molecule is NC1CC(Oc2cccc(Br)n2)C1. The summed E-state index contributed by atoms with van der Waals surface area (Å²) in [6.07, 6.45) is 2.14. The number of ether oxygens (including phenoxy) is 1. The quantitative estimate of drug-likeness (QED) is 0.804. The van der Waals surface area contributed by atoms with E-state index >= 15 is 0 Å². The first-order chi connectivity index (χ1) is 6.24. The van der Waals surface area contributed by atoms with E-state index in [9.17, 15) is 0 Å². The lowest BCUT2D eigenvalue weighted by molar-refractivity contribution is 0.0957. The molecule has 0 amide bonds. The molecule has 0 aromatic carbocycles. The Kier molecular flexibility index (Phi) is 2.51. The molecule has 0 unspecified atom stereocenters. The monoisotopic (exact) mass is 242 g/mol. The molecule has 0 aliphatic heterocycles. The third-order valence-electron chi connectivity index (χ3n) is 2.11. The first-order valence-corrected chi connectivity index (χ1v) is 5.08. The molecule has 2 rings (SSSR count). The van der Waals surface area contributed by atoms with Crippen LogP contribution < -0.4 is 10.5 Å². The fraction of sp³-hybridized carbons (Fsp3) is 0.444. The van der Waals surface area contributed by atoms with Gasteiger partial charge in [-0.15, -0.1) is 0 Å². The van der Waals surface area contributed by atoms with E-state index in [1.807, 2.05) is 18.2 Å². The summed E-state index contributed by atoms with van der Waals surface area (Å²) < 4.78 is 6.38. The number of rotatable bonds is 2. The molecule has 0 spiro atoms. The molecule has 0 radical (unpaired) electrons. The van der Waals surface area contributed by atoms with Gasteiger partial charge in [0.2, 0.25) is 5.88 Å². The molecule has 70 valence electrons. The zero-order valence-electron chi connectivity index (χ0n) is 7.11. The highest BCUT2D eigenvalue weighted by Gasteiger charge is 2.27. The molecule has 0 bridgehead atoms. The minimum absolute atomic E-state index is 0.261. The van der Waals surface area contributed by atoms with Crippen molar-refractivity contribution in [3.63, 3.8) is 0 Å². The third-order valence-corrected chi connectivity index (χ3v) is 2.55. The van der Waals surface area contributed by atoms with Crippen molar-refractivity contribution in [2.24, 2.45) is 5.73 Å². The lowest BCUT2D eigenvalue weighted by Gasteiger charge is -2.32. The van der Waals surface area contributed by atoms with Crippen LogP contribution in [0, 0.1) is 0 Å². The average Bonchev–Trinajstić information content (AvgIpc) is 2.01. The summed E-state index contributed by atoms with van der Waals surface area (Å²) in [5.74, 6) is 0.672. The second-order valence-corrected chi connectivity index (χ2v) is 4.08. The van der Waals surface area contributed by atoms with Crippen LogP contribution >= 0.6 is 15.9 Å². The van der Waals surface area contributed by atoms with E-state index in [1.165, 1.54) is 0 Å². The molecular formula is C9H11BrN2O. The van der Waals surface area contributed by atoms with E-state index in [1.54, 1.807) is 0 Å². The van der Waals surface area contributed by atoms with E-state index < -0.39 is 0 Å². The Morgan fingerprint density at radius 1 is 1.46 bits per heavy atom. The van der Waals surface area contributed by atoms with Crippen LogP contribution in [0.1, 0.15) is 12.8 Å². The zero-order chi connectivity index (χ0) is 9.26. The van der Waals surface area contributed by atoms with Gasteiger partial charge in [0.05, 0.1) is 0 Å². The van der Waals surface area contributed by atoms with Crippen LogP contribution in [-0.4, -0.2) is 17.1 Å². The van der Waals surface area contributed by atoms with Gasteiger partial charge in [0.15, 0.2) is 0 Å². The number of aromatic nitrogens is 1. The summed E-state index contributed by atoms with van der Waals surface area (Å²) in [4.78, 5) is 4.17. The molecule has 1 fully saturated rings. The van der Waals surface area contributed by atoms with Crippen LogP contribution in [0.4, 0.5) is 0 Å². The van der Waals surface area contributed by atoms with E-state index in [0.29, 0.717) is 11.9 Å². The molecule has 0 atom stereocenters. The number of nitrogens with zero attached hydrogens (tertiary/aromatic N) is 1. The number of halogens is 1. The Morgan fingerprint density at radius 2 is 2.23 bits per heavy atom. The fourth-order valence-corrected chi connectivity index (χ4v) is 1.66. The van der Waals surface area contributed by atoms with E-state index in [4.69, 9.17) is 10.5 Å². The third kappa shape index (κ3) is 2.19. The molecule has 1 heterocycles. The van der Waals surface area contributed by atoms with Crippen molar-refractivity contribution in [3.8, 4) is 5.88 Å². The largest absolute Gasteiger partial charge is 0.474 e. The molecular weight excluding hydrogens is 232 g/mol. The molecule has 13 heavy (non-hydrogen) atoms. The Morgan fingerprint density at radius 3 is 2.85 bits per heavy atom. The van der Waals surface area contributed by atoms with Gasteiger partial charge < -0.3 is 10.5 Å². The first kappa shape index (κ1) is 8.97. The minimum atomic E-state index is 0.261. The van der Waals surface area contributed by atoms with E-state index in [0.717, 1.165) is 17.4 Å². The van der Waals surface area contributed by atoms with Crippen molar-refractivity contribution in [1.82, 2.24) is 4.98 Å². The van der Waals surface area contributed by atoms with Crippen LogP contribution in [0.15, 0.2) is 22.8 Å². The van der Waals surface area contributed by atoms with Crippen molar-refractivity contribution in [2.75, 3.05) is 0 Å². The van der Waals surface area contributed by atoms with Crippen molar-refractivity contribution < 1.29 is 4.74 Å². The van der Waals surface area contributed by atoms with Gasteiger partial charge in [0, 0.05) is 12.1 Å². The average molecular weight is 243 g/mol. The second kappa shape index (κ2) is 3.64. The van der Waals surface area contributed by atoms with Crippen molar-refractivity contribution >= 4 is 15.9 Å². The molecule has 1 saturated carbocycles. The smallest absolute Gasteiger partial charge is 0.214 e. The summed E-state index contributed by atoms with van der Waals surface area (Å²) in [7, 11) is 0. The summed E-state index contributed by atoms with van der Waals surface area (Å²) in [6, 6.07) is 5.95. The topological polar surface area (TPSA) is 48.1 Å². The van der Waals surface area contributed by atoms with Crippen LogP contribution in [0.25, 0.3) is 0 Å². The standard InChI is InChI=1S/C9H11BrN2O/c10-8-2-1-3-9(12-8)13-7-4-6(11)5-7/h1-3,6-7H,4-5,11H2. The Bertz CT molecular complexity index is 299. The predicted octanol–water partition coefficient (Wildman–Crippen LogP) is 1.71. The van der Waals surface area contributed by atoms with Crippen LogP contribution in [0.5, 0.6) is 5.88 Å². The Balaban J connectivity index is 1.94. The highest BCUT2D eigenvalue weighted by Crippen LogP contribution is 2.23. The molecule has 3 nitrogen and oxygen atoms in total. The molecule has 1 aromatic rings. The zero-order valence-corrected chi connectivity index (χ0v) is 8.70. The van der Waals surface area contributed by atoms with Gasteiger partial charge in [0.1, 0.15) is 10.7 Å². The highest BCUT2D eigenvalue weighted by molar-refractivity contribution is 9.10. The van der Waals surface area contributed by atoms with Crippen molar-refractivity contribution in [3.05, 3.63) is 22.8 Å². The van der Waals surface area contributed by atoms with Gasteiger partial charge in [-0.3, -0.25) is 0 Å². The number of pyridine rings is 1. The number of hydrogen-bond acceptors (Lipinski definition) is 3. The summed E-state index contributed by atoms with van der Waals surface area (Å²) in [5.41, 5.74) is 5.64. The number of nitrogens with two attached hydrogens (primary N) is 1. The maximum absolute atomic E-state index is 5.64. The molecule has 0 saturated heterocycles. The predicted molar refractivity (Wildman–Crippen MR) is 53.6 cm³/mol. The summed E-state index contributed by atoms with van der Waals surface area (Å²) in [6.45, 7) is 0. The normalized spacial score (nSPS) is 26.6. The van der Waals surface area contributed by atoms with Gasteiger partial charge in [-0.05, 0) is 34.8 Å². The molecule has 4 heteroatoms. The Hall–Kier alpha value is -0.610. The molecule has 1 aliphatic carbocycles. The van der Waals surface area contributed by atoms with Crippen LogP contribution in [0.2, 0.25) is 0 Å². The summed E-state index contributed by atoms with van der Waals surface area (Å²) in [5, 5.41) is 0. The Labute approximate surface area is 85.4 Å². The van der Waals surface area contributed by atoms with E-state index in [-0.39, 0.29) is 6.10 Å². The van der Waals surface area contributed by atoms with Gasteiger partial charge in [0.25, 0.3) is 0 Å². The van der Waals surface area contributed by atoms with Gasteiger partial charge >= 0.3 is 0 Å². The lowest BCUT2D eigenvalue weighted by Crippen LogP contribution is -2.43. The molecule has 1 aromatic heterocycles.